The topological polar surface area (TPSA) is 60.4 Å². The third kappa shape index (κ3) is 4.30. The lowest BCUT2D eigenvalue weighted by atomic mass is 9.94. The van der Waals surface area contributed by atoms with Gasteiger partial charge in [-0.15, -0.1) is 0 Å². The van der Waals surface area contributed by atoms with E-state index in [-0.39, 0.29) is 4.90 Å². The highest BCUT2D eigenvalue weighted by molar-refractivity contribution is 7.90. The Kier molecular flexibility index (Phi) is 5.75. The number of cyclic esters (lactones) is 1. The van der Waals surface area contributed by atoms with Gasteiger partial charge in [0.25, 0.3) is 0 Å². The van der Waals surface area contributed by atoms with Gasteiger partial charge in [0.2, 0.25) is 0 Å². The molecular weight excluding hydrogens is 455 g/mol. The van der Waals surface area contributed by atoms with E-state index < -0.39 is 15.8 Å². The first-order valence-corrected chi connectivity index (χ1v) is 11.9. The zero-order valence-corrected chi connectivity index (χ0v) is 18.6. The number of ether oxygens (including phenoxy) is 1. The average molecular weight is 471 g/mol. The van der Waals surface area contributed by atoms with Gasteiger partial charge in [-0.05, 0) is 41.5 Å². The molecule has 0 amide bonds. The Morgan fingerprint density at radius 1 is 0.806 bits per heavy atom. The number of sulfone groups is 1. The van der Waals surface area contributed by atoms with Crippen molar-refractivity contribution in [2.24, 2.45) is 0 Å². The van der Waals surface area contributed by atoms with Crippen LogP contribution in [0.25, 0.3) is 17.2 Å². The molecule has 7 heteroatoms. The molecule has 1 heterocycles. The number of benzene rings is 3. The minimum atomic E-state index is -3.36. The first-order chi connectivity index (χ1) is 14.8. The Bertz CT molecular complexity index is 1350. The molecule has 0 saturated carbocycles. The van der Waals surface area contributed by atoms with Gasteiger partial charge in [0.1, 0.15) is 5.76 Å². The van der Waals surface area contributed by atoms with Crippen molar-refractivity contribution >= 4 is 56.2 Å². The fraction of sp³-hybridized carbons (Fsp3) is 0.0417. The van der Waals surface area contributed by atoms with E-state index in [1.54, 1.807) is 60.7 Å². The number of carbonyl (C=O) groups is 1. The van der Waals surface area contributed by atoms with Gasteiger partial charge in [-0.25, -0.2) is 13.2 Å². The first kappa shape index (κ1) is 21.4. The standard InChI is InChI=1S/C24H16Cl2O4S/c1-31(28,29)17-12-10-15(11-13-17)22-21(14-16-6-2-4-8-19(16)25)30-24(27)23(22)18-7-3-5-9-20(18)26/h2-14H,1H3/b21-14-. The van der Waals surface area contributed by atoms with Crippen LogP contribution in [-0.2, 0) is 19.4 Å². The number of esters is 1. The van der Waals surface area contributed by atoms with E-state index in [2.05, 4.69) is 0 Å². The Hall–Kier alpha value is -2.86. The van der Waals surface area contributed by atoms with Crippen LogP contribution < -0.4 is 0 Å². The molecule has 0 unspecified atom stereocenters. The molecule has 0 fully saturated rings. The van der Waals surface area contributed by atoms with Crippen LogP contribution in [0.1, 0.15) is 16.7 Å². The highest BCUT2D eigenvalue weighted by Crippen LogP contribution is 2.43. The summed E-state index contributed by atoms with van der Waals surface area (Å²) < 4.78 is 29.3. The van der Waals surface area contributed by atoms with Crippen molar-refractivity contribution < 1.29 is 17.9 Å². The molecule has 1 aliphatic heterocycles. The first-order valence-electron chi connectivity index (χ1n) is 9.24. The van der Waals surface area contributed by atoms with E-state index >= 15 is 0 Å². The molecule has 3 aromatic carbocycles. The molecule has 1 aliphatic rings. The van der Waals surface area contributed by atoms with Crippen molar-refractivity contribution in [1.29, 1.82) is 0 Å². The number of allylic oxidation sites excluding steroid dienone is 1. The summed E-state index contributed by atoms with van der Waals surface area (Å²) in [6.07, 6.45) is 2.82. The fourth-order valence-electron chi connectivity index (χ4n) is 3.33. The molecule has 0 saturated heterocycles. The second-order valence-corrected chi connectivity index (χ2v) is 9.78. The van der Waals surface area contributed by atoms with Gasteiger partial charge in [-0.2, -0.15) is 0 Å². The largest absolute Gasteiger partial charge is 0.422 e. The quantitative estimate of drug-likeness (QED) is 0.444. The summed E-state index contributed by atoms with van der Waals surface area (Å²) in [5, 5.41) is 0.905. The Balaban J connectivity index is 1.97. The van der Waals surface area contributed by atoms with Crippen LogP contribution in [0.15, 0.2) is 83.5 Å². The van der Waals surface area contributed by atoms with Gasteiger partial charge < -0.3 is 4.74 Å². The molecule has 0 bridgehead atoms. The Morgan fingerprint density at radius 3 is 2.03 bits per heavy atom. The second kappa shape index (κ2) is 8.35. The van der Waals surface area contributed by atoms with E-state index in [4.69, 9.17) is 27.9 Å². The summed E-state index contributed by atoms with van der Waals surface area (Å²) in [7, 11) is -3.36. The molecule has 3 aromatic rings. The molecular formula is C24H16Cl2O4S. The van der Waals surface area contributed by atoms with Crippen molar-refractivity contribution in [2.75, 3.05) is 6.26 Å². The molecule has 0 atom stereocenters. The maximum atomic E-state index is 12.9. The number of halogens is 2. The van der Waals surface area contributed by atoms with E-state index in [9.17, 15) is 13.2 Å². The maximum Gasteiger partial charge on any atom is 0.344 e. The number of rotatable bonds is 4. The molecule has 4 nitrogen and oxygen atoms in total. The summed E-state index contributed by atoms with van der Waals surface area (Å²) in [6.45, 7) is 0. The minimum absolute atomic E-state index is 0.179. The predicted molar refractivity (Wildman–Crippen MR) is 123 cm³/mol. The summed E-state index contributed by atoms with van der Waals surface area (Å²) in [5.41, 5.74) is 2.64. The van der Waals surface area contributed by atoms with Crippen molar-refractivity contribution in [3.63, 3.8) is 0 Å². The molecule has 31 heavy (non-hydrogen) atoms. The third-order valence-corrected chi connectivity index (χ3v) is 6.61. The third-order valence-electron chi connectivity index (χ3n) is 4.81. The average Bonchev–Trinajstić information content (AvgIpc) is 3.05. The Morgan fingerprint density at radius 2 is 1.42 bits per heavy atom. The van der Waals surface area contributed by atoms with Crippen molar-refractivity contribution in [1.82, 2.24) is 0 Å². The van der Waals surface area contributed by atoms with Gasteiger partial charge in [0, 0.05) is 27.4 Å². The summed E-state index contributed by atoms with van der Waals surface area (Å²) >= 11 is 12.7. The van der Waals surface area contributed by atoms with Crippen molar-refractivity contribution in [3.05, 3.63) is 105 Å². The smallest absolute Gasteiger partial charge is 0.344 e. The monoisotopic (exact) mass is 470 g/mol. The number of hydrogen-bond donors (Lipinski definition) is 0. The van der Waals surface area contributed by atoms with Crippen LogP contribution >= 0.6 is 23.2 Å². The van der Waals surface area contributed by atoms with E-state index in [0.717, 1.165) is 6.26 Å². The predicted octanol–water partition coefficient (Wildman–Crippen LogP) is 5.91. The van der Waals surface area contributed by atoms with Crippen LogP contribution in [0.5, 0.6) is 0 Å². The van der Waals surface area contributed by atoms with Gasteiger partial charge in [-0.1, -0.05) is 71.7 Å². The van der Waals surface area contributed by atoms with Crippen molar-refractivity contribution in [3.8, 4) is 0 Å². The van der Waals surface area contributed by atoms with Gasteiger partial charge in [0.05, 0.1) is 10.5 Å². The lowest BCUT2D eigenvalue weighted by Crippen LogP contribution is -1.99. The van der Waals surface area contributed by atoms with E-state index in [1.807, 2.05) is 6.07 Å². The zero-order valence-electron chi connectivity index (χ0n) is 16.3. The van der Waals surface area contributed by atoms with Crippen LogP contribution in [0.3, 0.4) is 0 Å². The molecule has 0 N–H and O–H groups in total. The van der Waals surface area contributed by atoms with Gasteiger partial charge in [0.15, 0.2) is 9.84 Å². The number of carbonyl (C=O) groups excluding carboxylic acids is 1. The van der Waals surface area contributed by atoms with Crippen LogP contribution in [0.2, 0.25) is 10.0 Å². The number of hydrogen-bond acceptors (Lipinski definition) is 4. The Labute approximate surface area is 190 Å². The van der Waals surface area contributed by atoms with E-state index in [0.29, 0.717) is 43.6 Å². The molecule has 0 spiro atoms. The summed E-state index contributed by atoms with van der Waals surface area (Å²) in [4.78, 5) is 13.1. The van der Waals surface area contributed by atoms with E-state index in [1.165, 1.54) is 12.1 Å². The highest BCUT2D eigenvalue weighted by atomic mass is 35.5. The van der Waals surface area contributed by atoms with Gasteiger partial charge in [-0.3, -0.25) is 0 Å². The second-order valence-electron chi connectivity index (χ2n) is 6.95. The summed E-state index contributed by atoms with van der Waals surface area (Å²) in [5.74, 6) is -0.242. The summed E-state index contributed by atoms with van der Waals surface area (Å²) in [6, 6.07) is 20.4. The van der Waals surface area contributed by atoms with Crippen molar-refractivity contribution in [2.45, 2.75) is 4.90 Å². The van der Waals surface area contributed by atoms with Crippen LogP contribution in [-0.4, -0.2) is 20.6 Å². The SMILES string of the molecule is CS(=O)(=O)c1ccc(C2=C(c3ccccc3Cl)C(=O)O/C2=C\c2ccccc2Cl)cc1. The molecule has 156 valence electrons. The molecule has 0 radical (unpaired) electrons. The lowest BCUT2D eigenvalue weighted by molar-refractivity contribution is -0.131. The van der Waals surface area contributed by atoms with Crippen LogP contribution in [0.4, 0.5) is 0 Å². The lowest BCUT2D eigenvalue weighted by Gasteiger charge is -2.09. The van der Waals surface area contributed by atoms with Gasteiger partial charge >= 0.3 is 5.97 Å². The highest BCUT2D eigenvalue weighted by Gasteiger charge is 2.33. The normalized spacial score (nSPS) is 15.5. The molecule has 4 rings (SSSR count). The zero-order chi connectivity index (χ0) is 22.2. The fourth-order valence-corrected chi connectivity index (χ4v) is 4.38. The van der Waals surface area contributed by atoms with Crippen LogP contribution in [0, 0.1) is 0 Å². The molecule has 0 aliphatic carbocycles. The minimum Gasteiger partial charge on any atom is -0.422 e. The maximum absolute atomic E-state index is 12.9. The molecule has 0 aromatic heterocycles.